The predicted molar refractivity (Wildman–Crippen MR) is 147 cm³/mol. The molecule has 0 unspecified atom stereocenters. The fraction of sp³-hybridized carbons (Fsp3) is 0.222. The standard InChI is InChI=1S/C27H26BrClN2O3S/c1-4-34-27(33)25-23(16-35-19-8-6-5-7-9-19)31(18-12-10-17(29)11-13-18)22-14-21(28)26(32)20(24(22)25)15-30(2)3/h5-14,32H,4,15-16H2,1-3H3. The molecule has 1 N–H and O–H groups in total. The lowest BCUT2D eigenvalue weighted by Gasteiger charge is -2.15. The summed E-state index contributed by atoms with van der Waals surface area (Å²) in [4.78, 5) is 16.5. The quantitative estimate of drug-likeness (QED) is 0.177. The molecule has 0 amide bonds. The number of nitrogens with zero attached hydrogens (tertiary/aromatic N) is 2. The molecule has 4 rings (SSSR count). The summed E-state index contributed by atoms with van der Waals surface area (Å²) in [5.74, 6) is 0.234. The molecule has 0 aliphatic carbocycles. The average molecular weight is 574 g/mol. The van der Waals surface area contributed by atoms with Crippen LogP contribution in [-0.2, 0) is 17.0 Å². The van der Waals surface area contributed by atoms with Crippen molar-refractivity contribution in [2.45, 2.75) is 24.1 Å². The number of aromatic nitrogens is 1. The van der Waals surface area contributed by atoms with Crippen LogP contribution in [0.4, 0.5) is 0 Å². The van der Waals surface area contributed by atoms with Crippen molar-refractivity contribution in [2.75, 3.05) is 20.7 Å². The monoisotopic (exact) mass is 572 g/mol. The van der Waals surface area contributed by atoms with Gasteiger partial charge in [-0.3, -0.25) is 0 Å². The van der Waals surface area contributed by atoms with Crippen LogP contribution >= 0.6 is 39.3 Å². The molecule has 4 aromatic rings. The summed E-state index contributed by atoms with van der Waals surface area (Å²) in [6.07, 6.45) is 0. The van der Waals surface area contributed by atoms with Gasteiger partial charge in [0, 0.05) is 44.5 Å². The van der Waals surface area contributed by atoms with E-state index in [4.69, 9.17) is 16.3 Å². The Hall–Kier alpha value is -2.45. The number of ether oxygens (including phenoxy) is 1. The van der Waals surface area contributed by atoms with Gasteiger partial charge in [-0.15, -0.1) is 11.8 Å². The first-order valence-electron chi connectivity index (χ1n) is 11.1. The lowest BCUT2D eigenvalue weighted by Crippen LogP contribution is -2.13. The Balaban J connectivity index is 2.07. The van der Waals surface area contributed by atoms with Gasteiger partial charge in [0.25, 0.3) is 0 Å². The van der Waals surface area contributed by atoms with Crippen LogP contribution in [0.3, 0.4) is 0 Å². The number of hydrogen-bond donors (Lipinski definition) is 1. The Labute approximate surface area is 222 Å². The van der Waals surface area contributed by atoms with Gasteiger partial charge in [0.2, 0.25) is 0 Å². The van der Waals surface area contributed by atoms with E-state index in [1.54, 1.807) is 18.7 Å². The topological polar surface area (TPSA) is 54.7 Å². The van der Waals surface area contributed by atoms with E-state index in [1.165, 1.54) is 0 Å². The largest absolute Gasteiger partial charge is 0.506 e. The SMILES string of the molecule is CCOC(=O)c1c(CSc2ccccc2)n(-c2ccc(Cl)cc2)c2cc(Br)c(O)c(CN(C)C)c12. The number of esters is 1. The molecular formula is C27H26BrClN2O3S. The number of halogens is 2. The third-order valence-corrected chi connectivity index (χ3v) is 7.42. The van der Waals surface area contributed by atoms with Crippen molar-refractivity contribution < 1.29 is 14.6 Å². The molecule has 0 radical (unpaired) electrons. The molecule has 5 nitrogen and oxygen atoms in total. The second kappa shape index (κ2) is 11.1. The summed E-state index contributed by atoms with van der Waals surface area (Å²) in [5.41, 5.74) is 3.61. The minimum absolute atomic E-state index is 0.118. The number of hydrogen-bond acceptors (Lipinski definition) is 5. The first-order chi connectivity index (χ1) is 16.8. The van der Waals surface area contributed by atoms with Crippen molar-refractivity contribution in [3.05, 3.63) is 87.0 Å². The number of thioether (sulfide) groups is 1. The Bertz CT molecular complexity index is 1360. The molecule has 1 aromatic heterocycles. The van der Waals surface area contributed by atoms with Crippen LogP contribution in [0, 0.1) is 0 Å². The zero-order valence-corrected chi connectivity index (χ0v) is 22.9. The molecule has 0 aliphatic rings. The average Bonchev–Trinajstić information content (AvgIpc) is 3.15. The minimum atomic E-state index is -0.407. The van der Waals surface area contributed by atoms with E-state index in [1.807, 2.05) is 79.7 Å². The summed E-state index contributed by atoms with van der Waals surface area (Å²) < 4.78 is 8.17. The van der Waals surface area contributed by atoms with Gasteiger partial charge in [-0.2, -0.15) is 0 Å². The molecule has 0 saturated carbocycles. The Morgan fingerprint density at radius 2 is 1.83 bits per heavy atom. The second-order valence-electron chi connectivity index (χ2n) is 8.27. The molecule has 0 saturated heterocycles. The highest BCUT2D eigenvalue weighted by atomic mass is 79.9. The summed E-state index contributed by atoms with van der Waals surface area (Å²) in [6, 6.07) is 19.4. The molecule has 0 spiro atoms. The molecule has 3 aromatic carbocycles. The van der Waals surface area contributed by atoms with E-state index >= 15 is 0 Å². The number of rotatable bonds is 8. The van der Waals surface area contributed by atoms with Crippen molar-refractivity contribution in [2.24, 2.45) is 0 Å². The Morgan fingerprint density at radius 1 is 1.14 bits per heavy atom. The molecule has 0 bridgehead atoms. The van der Waals surface area contributed by atoms with Crippen LogP contribution in [0.5, 0.6) is 5.75 Å². The lowest BCUT2D eigenvalue weighted by atomic mass is 10.0. The Kier molecular flexibility index (Phi) is 8.12. The number of aromatic hydroxyl groups is 1. The van der Waals surface area contributed by atoms with E-state index in [-0.39, 0.29) is 12.4 Å². The van der Waals surface area contributed by atoms with Gasteiger partial charge in [-0.1, -0.05) is 29.8 Å². The fourth-order valence-electron chi connectivity index (χ4n) is 4.12. The van der Waals surface area contributed by atoms with Gasteiger partial charge in [-0.25, -0.2) is 4.79 Å². The molecule has 182 valence electrons. The first-order valence-corrected chi connectivity index (χ1v) is 13.3. The van der Waals surface area contributed by atoms with E-state index in [0.717, 1.165) is 21.8 Å². The number of phenols is 1. The van der Waals surface area contributed by atoms with Gasteiger partial charge >= 0.3 is 5.97 Å². The number of carbonyl (C=O) groups is 1. The van der Waals surface area contributed by atoms with E-state index in [9.17, 15) is 9.90 Å². The van der Waals surface area contributed by atoms with E-state index in [2.05, 4.69) is 20.5 Å². The molecule has 35 heavy (non-hydrogen) atoms. The Morgan fingerprint density at radius 3 is 2.46 bits per heavy atom. The number of phenolic OH excluding ortho intramolecular Hbond substituents is 1. The van der Waals surface area contributed by atoms with Gasteiger partial charge in [0.1, 0.15) is 5.75 Å². The van der Waals surface area contributed by atoms with Crippen molar-refractivity contribution in [3.8, 4) is 11.4 Å². The minimum Gasteiger partial charge on any atom is -0.506 e. The highest BCUT2D eigenvalue weighted by Crippen LogP contribution is 2.42. The second-order valence-corrected chi connectivity index (χ2v) is 10.6. The third-order valence-electron chi connectivity index (χ3n) is 5.54. The van der Waals surface area contributed by atoms with Crippen molar-refractivity contribution in [3.63, 3.8) is 0 Å². The normalized spacial score (nSPS) is 11.4. The zero-order valence-electron chi connectivity index (χ0n) is 19.7. The molecular weight excluding hydrogens is 548 g/mol. The van der Waals surface area contributed by atoms with Crippen LogP contribution in [0.25, 0.3) is 16.6 Å². The lowest BCUT2D eigenvalue weighted by molar-refractivity contribution is 0.0527. The predicted octanol–water partition coefficient (Wildman–Crippen LogP) is 7.28. The van der Waals surface area contributed by atoms with Crippen LogP contribution in [0.2, 0.25) is 5.02 Å². The molecule has 0 fully saturated rings. The molecule has 0 aliphatic heterocycles. The summed E-state index contributed by atoms with van der Waals surface area (Å²) in [7, 11) is 3.86. The van der Waals surface area contributed by atoms with E-state index in [0.29, 0.717) is 38.3 Å². The first kappa shape index (κ1) is 25.6. The number of benzene rings is 3. The third kappa shape index (κ3) is 5.38. The summed E-state index contributed by atoms with van der Waals surface area (Å²) in [6.45, 7) is 2.50. The van der Waals surface area contributed by atoms with Crippen molar-refractivity contribution in [1.29, 1.82) is 0 Å². The highest BCUT2D eigenvalue weighted by molar-refractivity contribution is 9.10. The van der Waals surface area contributed by atoms with Gasteiger partial charge in [-0.05, 0) is 79.4 Å². The fourth-order valence-corrected chi connectivity index (χ4v) is 5.63. The zero-order chi connectivity index (χ0) is 25.1. The van der Waals surface area contributed by atoms with Gasteiger partial charge < -0.3 is 19.3 Å². The van der Waals surface area contributed by atoms with Crippen LogP contribution in [0.1, 0.15) is 28.5 Å². The van der Waals surface area contributed by atoms with Crippen molar-refractivity contribution >= 4 is 56.2 Å². The summed E-state index contributed by atoms with van der Waals surface area (Å²) >= 11 is 11.4. The number of carbonyl (C=O) groups excluding carboxylic acids is 1. The maximum absolute atomic E-state index is 13.5. The van der Waals surface area contributed by atoms with Crippen molar-refractivity contribution in [1.82, 2.24) is 9.47 Å². The number of fused-ring (bicyclic) bond motifs is 1. The highest BCUT2D eigenvalue weighted by Gasteiger charge is 2.29. The smallest absolute Gasteiger partial charge is 0.340 e. The van der Waals surface area contributed by atoms with Crippen LogP contribution in [0.15, 0.2) is 70.0 Å². The molecule has 0 atom stereocenters. The summed E-state index contributed by atoms with van der Waals surface area (Å²) in [5, 5.41) is 12.4. The molecule has 1 heterocycles. The maximum atomic E-state index is 13.5. The van der Waals surface area contributed by atoms with E-state index < -0.39 is 5.97 Å². The van der Waals surface area contributed by atoms with Gasteiger partial charge in [0.05, 0.1) is 22.2 Å². The maximum Gasteiger partial charge on any atom is 0.340 e. The molecule has 8 heteroatoms. The van der Waals surface area contributed by atoms with Crippen LogP contribution in [-0.4, -0.2) is 41.2 Å². The van der Waals surface area contributed by atoms with Gasteiger partial charge in [0.15, 0.2) is 0 Å². The van der Waals surface area contributed by atoms with Crippen LogP contribution < -0.4 is 0 Å².